The second-order valence-corrected chi connectivity index (χ2v) is 3.43. The molecule has 0 saturated heterocycles. The fourth-order valence-corrected chi connectivity index (χ4v) is 1.54. The summed E-state index contributed by atoms with van der Waals surface area (Å²) < 4.78 is 5.00. The Morgan fingerprint density at radius 2 is 2.12 bits per heavy atom. The Balaban J connectivity index is 2.07. The number of aromatic amines is 1. The third-order valence-electron chi connectivity index (χ3n) is 2.38. The average Bonchev–Trinajstić information content (AvgIpc) is 2.82. The second-order valence-electron chi connectivity index (χ2n) is 3.43. The van der Waals surface area contributed by atoms with Crippen LogP contribution in [0.4, 0.5) is 0 Å². The van der Waals surface area contributed by atoms with Crippen LogP contribution in [0.1, 0.15) is 0 Å². The van der Waals surface area contributed by atoms with Crippen LogP contribution in [0.5, 0.6) is 5.88 Å². The lowest BCUT2D eigenvalue weighted by Crippen LogP contribution is -1.87. The van der Waals surface area contributed by atoms with E-state index >= 15 is 0 Å². The summed E-state index contributed by atoms with van der Waals surface area (Å²) in [7, 11) is 1.58. The maximum atomic E-state index is 5.00. The Bertz CT molecular complexity index is 613. The van der Waals surface area contributed by atoms with Gasteiger partial charge in [0.2, 0.25) is 5.88 Å². The van der Waals surface area contributed by atoms with E-state index in [1.165, 1.54) is 6.33 Å². The molecule has 0 saturated carbocycles. The zero-order chi connectivity index (χ0) is 11.7. The van der Waals surface area contributed by atoms with Gasteiger partial charge in [-0.1, -0.05) is 0 Å². The maximum absolute atomic E-state index is 5.00. The molecule has 0 aliphatic rings. The van der Waals surface area contributed by atoms with Gasteiger partial charge in [-0.2, -0.15) is 0 Å². The van der Waals surface area contributed by atoms with Gasteiger partial charge in [0.05, 0.1) is 13.3 Å². The van der Waals surface area contributed by atoms with Crippen molar-refractivity contribution in [3.05, 3.63) is 30.9 Å². The third kappa shape index (κ3) is 1.69. The van der Waals surface area contributed by atoms with E-state index in [-0.39, 0.29) is 0 Å². The van der Waals surface area contributed by atoms with E-state index in [0.717, 1.165) is 16.9 Å². The van der Waals surface area contributed by atoms with E-state index in [2.05, 4.69) is 24.9 Å². The molecule has 0 aliphatic heterocycles. The molecule has 17 heavy (non-hydrogen) atoms. The summed E-state index contributed by atoms with van der Waals surface area (Å²) in [5, 5.41) is 0. The Morgan fingerprint density at radius 3 is 2.82 bits per heavy atom. The largest absolute Gasteiger partial charge is 0.481 e. The van der Waals surface area contributed by atoms with Crippen LogP contribution in [0.2, 0.25) is 0 Å². The number of methoxy groups -OCH3 is 1. The lowest BCUT2D eigenvalue weighted by molar-refractivity contribution is 0.398. The van der Waals surface area contributed by atoms with E-state index in [1.54, 1.807) is 25.6 Å². The molecule has 6 nitrogen and oxygen atoms in total. The van der Waals surface area contributed by atoms with Crippen molar-refractivity contribution in [3.8, 4) is 17.3 Å². The molecule has 0 spiro atoms. The van der Waals surface area contributed by atoms with Crippen molar-refractivity contribution in [2.45, 2.75) is 0 Å². The first-order valence-corrected chi connectivity index (χ1v) is 5.03. The predicted molar refractivity (Wildman–Crippen MR) is 61.5 cm³/mol. The van der Waals surface area contributed by atoms with Gasteiger partial charge in [-0.15, -0.1) is 0 Å². The summed E-state index contributed by atoms with van der Waals surface area (Å²) in [4.78, 5) is 19.6. The number of H-pyrrole nitrogens is 1. The van der Waals surface area contributed by atoms with Crippen LogP contribution in [-0.4, -0.2) is 32.0 Å². The highest BCUT2D eigenvalue weighted by atomic mass is 16.5. The van der Waals surface area contributed by atoms with Gasteiger partial charge >= 0.3 is 0 Å². The number of ether oxygens (including phenoxy) is 1. The molecule has 0 aliphatic carbocycles. The monoisotopic (exact) mass is 227 g/mol. The Kier molecular flexibility index (Phi) is 2.18. The third-order valence-corrected chi connectivity index (χ3v) is 2.38. The van der Waals surface area contributed by atoms with Crippen molar-refractivity contribution < 1.29 is 4.74 Å². The molecular weight excluding hydrogens is 218 g/mol. The summed E-state index contributed by atoms with van der Waals surface area (Å²) in [6, 6.07) is 3.67. The molecule has 3 aromatic rings. The number of aromatic nitrogens is 5. The van der Waals surface area contributed by atoms with Gasteiger partial charge in [-0.25, -0.2) is 19.9 Å². The zero-order valence-electron chi connectivity index (χ0n) is 9.08. The number of rotatable bonds is 2. The molecule has 0 amide bonds. The van der Waals surface area contributed by atoms with E-state index in [4.69, 9.17) is 4.74 Å². The van der Waals surface area contributed by atoms with Crippen molar-refractivity contribution in [3.63, 3.8) is 0 Å². The van der Waals surface area contributed by atoms with Gasteiger partial charge < -0.3 is 9.72 Å². The summed E-state index contributed by atoms with van der Waals surface area (Å²) in [5.41, 5.74) is 2.33. The Labute approximate surface area is 96.7 Å². The van der Waals surface area contributed by atoms with Crippen molar-refractivity contribution >= 4 is 11.2 Å². The van der Waals surface area contributed by atoms with Crippen molar-refractivity contribution in [2.75, 3.05) is 7.11 Å². The quantitative estimate of drug-likeness (QED) is 0.716. The Hall–Kier alpha value is -2.50. The van der Waals surface area contributed by atoms with Crippen molar-refractivity contribution in [1.29, 1.82) is 0 Å². The minimum Gasteiger partial charge on any atom is -0.481 e. The summed E-state index contributed by atoms with van der Waals surface area (Å²) in [5.74, 6) is 1.29. The number of hydrogen-bond acceptors (Lipinski definition) is 5. The maximum Gasteiger partial charge on any atom is 0.212 e. The topological polar surface area (TPSA) is 76.6 Å². The lowest BCUT2D eigenvalue weighted by Gasteiger charge is -1.98. The van der Waals surface area contributed by atoms with E-state index in [9.17, 15) is 0 Å². The predicted octanol–water partition coefficient (Wildman–Crippen LogP) is 1.42. The second kappa shape index (κ2) is 3.82. The SMILES string of the molecule is COc1ccc(-c2nc3ncncc3[nH]2)cn1. The van der Waals surface area contributed by atoms with Crippen LogP contribution >= 0.6 is 0 Å². The molecule has 3 rings (SSSR count). The molecule has 1 N–H and O–H groups in total. The highest BCUT2D eigenvalue weighted by molar-refractivity contribution is 5.74. The van der Waals surface area contributed by atoms with Crippen molar-refractivity contribution in [1.82, 2.24) is 24.9 Å². The zero-order valence-corrected chi connectivity index (χ0v) is 9.08. The molecule has 84 valence electrons. The van der Waals surface area contributed by atoms with Gasteiger partial charge in [0, 0.05) is 17.8 Å². The van der Waals surface area contributed by atoms with E-state index < -0.39 is 0 Å². The summed E-state index contributed by atoms with van der Waals surface area (Å²) in [6.45, 7) is 0. The highest BCUT2D eigenvalue weighted by Gasteiger charge is 2.06. The van der Waals surface area contributed by atoms with Gasteiger partial charge in [-0.3, -0.25) is 0 Å². The normalized spacial score (nSPS) is 10.6. The summed E-state index contributed by atoms with van der Waals surface area (Å²) >= 11 is 0. The highest BCUT2D eigenvalue weighted by Crippen LogP contribution is 2.19. The minimum absolute atomic E-state index is 0.574. The first kappa shape index (κ1) is 9.71. The number of nitrogens with one attached hydrogen (secondary N) is 1. The van der Waals surface area contributed by atoms with Crippen LogP contribution in [0.25, 0.3) is 22.6 Å². The fourth-order valence-electron chi connectivity index (χ4n) is 1.54. The molecule has 0 unspecified atom stereocenters. The molecule has 0 fully saturated rings. The number of pyridine rings is 1. The number of hydrogen-bond donors (Lipinski definition) is 1. The van der Waals surface area contributed by atoms with Crippen LogP contribution in [0, 0.1) is 0 Å². The number of nitrogens with zero attached hydrogens (tertiary/aromatic N) is 4. The first-order valence-electron chi connectivity index (χ1n) is 5.03. The molecule has 6 heteroatoms. The van der Waals surface area contributed by atoms with Crippen molar-refractivity contribution in [2.24, 2.45) is 0 Å². The Morgan fingerprint density at radius 1 is 1.18 bits per heavy atom. The number of imidazole rings is 1. The van der Waals surface area contributed by atoms with Crippen LogP contribution < -0.4 is 4.74 Å². The molecule has 0 aromatic carbocycles. The molecule has 3 heterocycles. The molecule has 0 atom stereocenters. The van der Waals surface area contributed by atoms with Gasteiger partial charge in [0.15, 0.2) is 5.65 Å². The van der Waals surface area contributed by atoms with Gasteiger partial charge in [-0.05, 0) is 6.07 Å². The smallest absolute Gasteiger partial charge is 0.212 e. The lowest BCUT2D eigenvalue weighted by atomic mass is 10.3. The van der Waals surface area contributed by atoms with Gasteiger partial charge in [0.1, 0.15) is 17.7 Å². The standard InChI is InChI=1S/C11H9N5O/c1-17-9-3-2-7(4-13-9)10-15-8-5-12-6-14-11(8)16-10/h2-6H,1H3,(H,12,14,15,16). The fraction of sp³-hybridized carbons (Fsp3) is 0.0909. The van der Waals surface area contributed by atoms with Crippen LogP contribution in [0.15, 0.2) is 30.9 Å². The van der Waals surface area contributed by atoms with Gasteiger partial charge in [0.25, 0.3) is 0 Å². The van der Waals surface area contributed by atoms with Crippen LogP contribution in [-0.2, 0) is 0 Å². The molecule has 0 bridgehead atoms. The molecular formula is C11H9N5O. The molecule has 0 radical (unpaired) electrons. The molecule has 3 aromatic heterocycles. The van der Waals surface area contributed by atoms with E-state index in [1.807, 2.05) is 6.07 Å². The van der Waals surface area contributed by atoms with Crippen LogP contribution in [0.3, 0.4) is 0 Å². The minimum atomic E-state index is 0.574. The number of fused-ring (bicyclic) bond motifs is 1. The average molecular weight is 227 g/mol. The van der Waals surface area contributed by atoms with E-state index in [0.29, 0.717) is 11.5 Å². The first-order chi connectivity index (χ1) is 8.36. The summed E-state index contributed by atoms with van der Waals surface area (Å²) in [6.07, 6.45) is 4.86.